The van der Waals surface area contributed by atoms with E-state index in [1.54, 1.807) is 0 Å². The molecule has 0 unspecified atom stereocenters. The van der Waals surface area contributed by atoms with Gasteiger partial charge in [0, 0.05) is 49.8 Å². The van der Waals surface area contributed by atoms with Crippen molar-refractivity contribution in [3.05, 3.63) is 182 Å². The highest BCUT2D eigenvalue weighted by Crippen LogP contribution is 2.49. The molecule has 3 aromatic heterocycles. The van der Waals surface area contributed by atoms with Crippen molar-refractivity contribution >= 4 is 76.3 Å². The van der Waals surface area contributed by atoms with Gasteiger partial charge in [0.25, 0.3) is 0 Å². The van der Waals surface area contributed by atoms with E-state index in [4.69, 9.17) is 4.42 Å². The second kappa shape index (κ2) is 10.6. The summed E-state index contributed by atoms with van der Waals surface area (Å²) < 4.78 is 11.5. The second-order valence-corrected chi connectivity index (χ2v) is 14.9. The summed E-state index contributed by atoms with van der Waals surface area (Å²) in [5.41, 5.74) is 16.3. The van der Waals surface area contributed by atoms with Crippen molar-refractivity contribution in [3.63, 3.8) is 0 Å². The molecule has 0 saturated carbocycles. The predicted octanol–water partition coefficient (Wildman–Crippen LogP) is 14.2. The van der Waals surface area contributed by atoms with Gasteiger partial charge in [0.05, 0.1) is 22.1 Å². The van der Waals surface area contributed by atoms with Crippen molar-refractivity contribution in [2.24, 2.45) is 0 Å². The van der Waals surface area contributed by atoms with E-state index in [-0.39, 0.29) is 0 Å². The first kappa shape index (κ1) is 29.1. The van der Waals surface area contributed by atoms with E-state index in [1.807, 2.05) is 6.07 Å². The number of hydrogen-bond donors (Lipinski definition) is 0. The van der Waals surface area contributed by atoms with E-state index in [9.17, 15) is 0 Å². The Hall–Kier alpha value is -7.36. The average molecular weight is 699 g/mol. The molecule has 0 atom stereocenters. The third-order valence-corrected chi connectivity index (χ3v) is 12.0. The minimum atomic E-state index is 0.893. The number of furan rings is 1. The summed E-state index contributed by atoms with van der Waals surface area (Å²) in [6.07, 6.45) is 0. The minimum Gasteiger partial charge on any atom is -0.456 e. The highest BCUT2D eigenvalue weighted by molar-refractivity contribution is 6.26. The van der Waals surface area contributed by atoms with Gasteiger partial charge in [-0.3, -0.25) is 0 Å². The van der Waals surface area contributed by atoms with Crippen molar-refractivity contribution < 1.29 is 4.42 Å². The second-order valence-electron chi connectivity index (χ2n) is 14.9. The van der Waals surface area contributed by atoms with Gasteiger partial charge in [-0.05, 0) is 86.6 Å². The summed E-state index contributed by atoms with van der Waals surface area (Å²) in [6.45, 7) is 0. The molecule has 0 fully saturated rings. The maximum atomic E-state index is 6.56. The van der Waals surface area contributed by atoms with Crippen LogP contribution >= 0.6 is 0 Å². The molecular formula is C52H30N2O. The van der Waals surface area contributed by atoms with Crippen molar-refractivity contribution in [1.29, 1.82) is 0 Å². The van der Waals surface area contributed by atoms with Gasteiger partial charge in [0.15, 0.2) is 0 Å². The molecule has 13 rings (SSSR count). The van der Waals surface area contributed by atoms with Crippen LogP contribution < -0.4 is 0 Å². The molecule has 1 aliphatic carbocycles. The van der Waals surface area contributed by atoms with E-state index >= 15 is 0 Å². The first-order valence-corrected chi connectivity index (χ1v) is 18.9. The van der Waals surface area contributed by atoms with E-state index in [2.05, 4.69) is 185 Å². The maximum Gasteiger partial charge on any atom is 0.137 e. The fourth-order valence-electron chi connectivity index (χ4n) is 9.65. The summed E-state index contributed by atoms with van der Waals surface area (Å²) in [5, 5.41) is 9.77. The molecule has 9 aromatic carbocycles. The lowest BCUT2D eigenvalue weighted by atomic mass is 10.0. The van der Waals surface area contributed by atoms with Gasteiger partial charge in [0.2, 0.25) is 0 Å². The van der Waals surface area contributed by atoms with Crippen LogP contribution in [0.4, 0.5) is 0 Å². The average Bonchev–Trinajstić information content (AvgIpc) is 3.97. The lowest BCUT2D eigenvalue weighted by Crippen LogP contribution is -1.99. The molecule has 3 nitrogen and oxygen atoms in total. The van der Waals surface area contributed by atoms with Gasteiger partial charge in [0.1, 0.15) is 11.2 Å². The highest BCUT2D eigenvalue weighted by atomic mass is 16.3. The monoisotopic (exact) mass is 698 g/mol. The standard InChI is InChI=1S/C52H30N2O/c1-2-10-31(11-3-1)32-20-22-34(23-21-32)53-46-18-6-4-14-37(46)41-26-27-42-44-29-45-38-15-5-7-19-48(38)55-49(45)30-47(44)54(52(42)51(41)53)35-24-25-36-39-16-8-12-33-13-9-17-40(50(33)39)43(36)28-35/h1-30H. The first-order valence-electron chi connectivity index (χ1n) is 18.9. The van der Waals surface area contributed by atoms with Crippen LogP contribution in [0.25, 0.3) is 121 Å². The highest BCUT2D eigenvalue weighted by Gasteiger charge is 2.25. The van der Waals surface area contributed by atoms with Crippen molar-refractivity contribution in [2.45, 2.75) is 0 Å². The van der Waals surface area contributed by atoms with Gasteiger partial charge in [-0.25, -0.2) is 0 Å². The number of hydrogen-bond acceptors (Lipinski definition) is 1. The molecule has 0 aliphatic heterocycles. The third-order valence-electron chi connectivity index (χ3n) is 12.0. The smallest absolute Gasteiger partial charge is 0.137 e. The maximum absolute atomic E-state index is 6.56. The zero-order chi connectivity index (χ0) is 35.8. The van der Waals surface area contributed by atoms with Crippen LogP contribution in [0.2, 0.25) is 0 Å². The Bertz CT molecular complexity index is 3570. The van der Waals surface area contributed by atoms with Gasteiger partial charge in [-0.1, -0.05) is 133 Å². The molecular weight excluding hydrogens is 669 g/mol. The molecule has 0 bridgehead atoms. The molecule has 3 heterocycles. The summed E-state index contributed by atoms with van der Waals surface area (Å²) in [4.78, 5) is 0. The quantitative estimate of drug-likeness (QED) is 0.180. The van der Waals surface area contributed by atoms with Gasteiger partial charge >= 0.3 is 0 Å². The Labute approximate surface area is 315 Å². The SMILES string of the molecule is c1ccc(-c2ccc(-n3c4ccccc4c4ccc5c6cc7c(cc6n(-c6ccc8c(c6)-c6cccc9cccc-8c69)c5c43)oc3ccccc37)cc2)cc1. The topological polar surface area (TPSA) is 23.0 Å². The summed E-state index contributed by atoms with van der Waals surface area (Å²) in [5.74, 6) is 0. The van der Waals surface area contributed by atoms with Gasteiger partial charge < -0.3 is 13.6 Å². The molecule has 0 radical (unpaired) electrons. The number of fused-ring (bicyclic) bond motifs is 13. The molecule has 1 aliphatic rings. The van der Waals surface area contributed by atoms with Crippen molar-refractivity contribution in [1.82, 2.24) is 9.13 Å². The van der Waals surface area contributed by atoms with Gasteiger partial charge in [-0.2, -0.15) is 0 Å². The van der Waals surface area contributed by atoms with Crippen LogP contribution in [0.5, 0.6) is 0 Å². The van der Waals surface area contributed by atoms with Crippen LogP contribution in [0.15, 0.2) is 186 Å². The normalized spacial score (nSPS) is 12.4. The number of nitrogens with zero attached hydrogens (tertiary/aromatic N) is 2. The molecule has 0 saturated heterocycles. The Morgan fingerprint density at radius 2 is 0.982 bits per heavy atom. The van der Waals surface area contributed by atoms with E-state index in [0.29, 0.717) is 0 Å². The van der Waals surface area contributed by atoms with Crippen LogP contribution in [-0.4, -0.2) is 9.13 Å². The van der Waals surface area contributed by atoms with E-state index in [0.717, 1.165) is 38.8 Å². The Morgan fingerprint density at radius 1 is 0.327 bits per heavy atom. The Kier molecular flexibility index (Phi) is 5.63. The summed E-state index contributed by atoms with van der Waals surface area (Å²) in [7, 11) is 0. The summed E-state index contributed by atoms with van der Waals surface area (Å²) >= 11 is 0. The van der Waals surface area contributed by atoms with E-state index in [1.165, 1.54) is 82.2 Å². The number of para-hydroxylation sites is 2. The molecule has 0 amide bonds. The van der Waals surface area contributed by atoms with Crippen LogP contribution in [0.3, 0.4) is 0 Å². The molecule has 55 heavy (non-hydrogen) atoms. The molecule has 0 spiro atoms. The third kappa shape index (κ3) is 3.89. The largest absolute Gasteiger partial charge is 0.456 e. The Morgan fingerprint density at radius 3 is 1.80 bits per heavy atom. The molecule has 3 heteroatoms. The lowest BCUT2D eigenvalue weighted by molar-refractivity contribution is 0.669. The van der Waals surface area contributed by atoms with Gasteiger partial charge in [-0.15, -0.1) is 0 Å². The van der Waals surface area contributed by atoms with Crippen molar-refractivity contribution in [3.8, 4) is 44.8 Å². The Balaban J connectivity index is 1.17. The fraction of sp³-hybridized carbons (Fsp3) is 0. The zero-order valence-corrected chi connectivity index (χ0v) is 29.6. The molecule has 12 aromatic rings. The number of benzene rings is 9. The fourth-order valence-corrected chi connectivity index (χ4v) is 9.65. The van der Waals surface area contributed by atoms with Crippen molar-refractivity contribution in [2.75, 3.05) is 0 Å². The number of rotatable bonds is 3. The van der Waals surface area contributed by atoms with Crippen LogP contribution in [0.1, 0.15) is 0 Å². The van der Waals surface area contributed by atoms with Crippen LogP contribution in [-0.2, 0) is 0 Å². The lowest BCUT2D eigenvalue weighted by Gasteiger charge is -2.14. The number of aromatic nitrogens is 2. The molecule has 0 N–H and O–H groups in total. The summed E-state index contributed by atoms with van der Waals surface area (Å²) in [6, 6.07) is 66.6. The predicted molar refractivity (Wildman–Crippen MR) is 230 cm³/mol. The van der Waals surface area contributed by atoms with Crippen LogP contribution in [0, 0.1) is 0 Å². The zero-order valence-electron chi connectivity index (χ0n) is 29.6. The van der Waals surface area contributed by atoms with E-state index < -0.39 is 0 Å². The first-order chi connectivity index (χ1) is 27.3. The molecule has 254 valence electrons. The minimum absolute atomic E-state index is 0.893.